The van der Waals surface area contributed by atoms with Gasteiger partial charge in [-0.25, -0.2) is 21.6 Å². The van der Waals surface area contributed by atoms with E-state index >= 15 is 0 Å². The van der Waals surface area contributed by atoms with Crippen LogP contribution in [0.15, 0.2) is 119 Å². The van der Waals surface area contributed by atoms with Gasteiger partial charge in [0.1, 0.15) is 0 Å². The first-order valence-corrected chi connectivity index (χ1v) is 18.0. The van der Waals surface area contributed by atoms with Gasteiger partial charge in [-0.3, -0.25) is 9.10 Å². The number of rotatable bonds is 10. The molecule has 0 amide bonds. The van der Waals surface area contributed by atoms with Crippen LogP contribution in [0.25, 0.3) is 0 Å². The molecule has 0 spiro atoms. The first-order valence-electron chi connectivity index (χ1n) is 15.0. The molecule has 45 heavy (non-hydrogen) atoms. The van der Waals surface area contributed by atoms with Crippen LogP contribution in [0.4, 0.5) is 0 Å². The summed E-state index contributed by atoms with van der Waals surface area (Å²) in [6.45, 7) is 7.78. The van der Waals surface area contributed by atoms with Gasteiger partial charge in [0.15, 0.2) is 5.78 Å². The van der Waals surface area contributed by atoms with E-state index in [9.17, 15) is 21.6 Å². The van der Waals surface area contributed by atoms with Crippen LogP contribution in [0, 0.1) is 19.8 Å². The van der Waals surface area contributed by atoms with Crippen LogP contribution < -0.4 is 4.72 Å². The van der Waals surface area contributed by atoms with Gasteiger partial charge >= 0.3 is 0 Å². The molecule has 234 valence electrons. The van der Waals surface area contributed by atoms with Gasteiger partial charge in [0, 0.05) is 6.20 Å². The Morgan fingerprint density at radius 3 is 1.69 bits per heavy atom. The molecule has 0 aliphatic carbocycles. The zero-order valence-corrected chi connectivity index (χ0v) is 27.5. The number of sulfonamides is 2. The minimum atomic E-state index is -4.16. The maximum absolute atomic E-state index is 14.3. The predicted octanol–water partition coefficient (Wildman–Crippen LogP) is 6.59. The van der Waals surface area contributed by atoms with E-state index in [1.165, 1.54) is 28.7 Å². The molecule has 1 aliphatic rings. The SMILES string of the molecule is CCc1ccc(C(NS(=O)(=O)c2ccc(C)cc2)[C@@H]2C(=O)C=CN(S(=O)(=O)c3ccc(C)cc3)[C@H]2c2ccc(CC)cc2)cc1. The summed E-state index contributed by atoms with van der Waals surface area (Å²) >= 11 is 0. The van der Waals surface area contributed by atoms with Crippen molar-refractivity contribution in [2.75, 3.05) is 0 Å². The standard InChI is InChI=1S/C36H38N2O5S2/c1-5-27-11-15-29(16-12-27)35(37-44(40,41)31-19-7-25(3)8-20-31)34-33(39)23-24-38(36(34)30-17-13-28(6-2)14-18-30)45(42,43)32-21-9-26(4)10-22-32/h7-24,34-37H,5-6H2,1-4H3/t34-,35?,36-/m0/s1. The number of hydrogen-bond donors (Lipinski definition) is 1. The summed E-state index contributed by atoms with van der Waals surface area (Å²) in [4.78, 5) is 14.1. The van der Waals surface area contributed by atoms with Gasteiger partial charge in [-0.05, 0) is 79.3 Å². The van der Waals surface area contributed by atoms with Gasteiger partial charge in [0.05, 0.1) is 27.8 Å². The van der Waals surface area contributed by atoms with E-state index in [1.807, 2.05) is 76.2 Å². The second-order valence-electron chi connectivity index (χ2n) is 11.4. The highest BCUT2D eigenvalue weighted by molar-refractivity contribution is 7.89. The monoisotopic (exact) mass is 642 g/mol. The van der Waals surface area contributed by atoms with Gasteiger partial charge in [-0.2, -0.15) is 0 Å². The fourth-order valence-electron chi connectivity index (χ4n) is 5.64. The summed E-state index contributed by atoms with van der Waals surface area (Å²) in [7, 11) is -8.29. The van der Waals surface area contributed by atoms with Crippen LogP contribution in [-0.2, 0) is 37.7 Å². The summed E-state index contributed by atoms with van der Waals surface area (Å²) < 4.78 is 60.3. The Morgan fingerprint density at radius 1 is 0.689 bits per heavy atom. The van der Waals surface area contributed by atoms with Crippen molar-refractivity contribution in [1.82, 2.24) is 9.03 Å². The number of hydrogen-bond acceptors (Lipinski definition) is 5. The number of nitrogens with zero attached hydrogens (tertiary/aromatic N) is 1. The summed E-state index contributed by atoms with van der Waals surface area (Å²) in [5.74, 6) is -1.51. The third kappa shape index (κ3) is 6.81. The van der Waals surface area contributed by atoms with Gasteiger partial charge in [0.2, 0.25) is 10.0 Å². The van der Waals surface area contributed by atoms with Crippen LogP contribution in [0.5, 0.6) is 0 Å². The Hall–Kier alpha value is -4.05. The topological polar surface area (TPSA) is 101 Å². The number of carbonyl (C=O) groups is 1. The van der Waals surface area contributed by atoms with E-state index in [0.717, 1.165) is 35.1 Å². The Balaban J connectivity index is 1.71. The van der Waals surface area contributed by atoms with Crippen LogP contribution in [-0.4, -0.2) is 26.9 Å². The first kappa shape index (κ1) is 32.3. The number of carbonyl (C=O) groups excluding carboxylic acids is 1. The highest BCUT2D eigenvalue weighted by Crippen LogP contribution is 2.44. The molecule has 1 N–H and O–H groups in total. The normalized spacial score (nSPS) is 17.8. The molecule has 4 aromatic carbocycles. The van der Waals surface area contributed by atoms with Crippen LogP contribution in [0.3, 0.4) is 0 Å². The lowest BCUT2D eigenvalue weighted by Gasteiger charge is -2.41. The van der Waals surface area contributed by atoms with Crippen molar-refractivity contribution in [2.45, 2.75) is 62.4 Å². The number of nitrogens with one attached hydrogen (secondary N) is 1. The molecule has 0 saturated heterocycles. The van der Waals surface area contributed by atoms with Crippen LogP contribution in [0.1, 0.15) is 59.3 Å². The molecule has 0 saturated carbocycles. The maximum Gasteiger partial charge on any atom is 0.264 e. The molecule has 1 unspecified atom stereocenters. The highest BCUT2D eigenvalue weighted by Gasteiger charge is 2.46. The molecule has 1 aliphatic heterocycles. The molecule has 1 heterocycles. The van der Waals surface area contributed by atoms with Crippen molar-refractivity contribution in [2.24, 2.45) is 5.92 Å². The largest absolute Gasteiger partial charge is 0.294 e. The molecule has 0 radical (unpaired) electrons. The lowest BCUT2D eigenvalue weighted by molar-refractivity contribution is -0.121. The van der Waals surface area contributed by atoms with Crippen molar-refractivity contribution < 1.29 is 21.6 Å². The number of allylic oxidation sites excluding steroid dienone is 1. The molecule has 9 heteroatoms. The second-order valence-corrected chi connectivity index (χ2v) is 15.0. The van der Waals surface area contributed by atoms with Crippen molar-refractivity contribution in [1.29, 1.82) is 0 Å². The smallest absolute Gasteiger partial charge is 0.264 e. The van der Waals surface area contributed by atoms with Gasteiger partial charge in [0.25, 0.3) is 10.0 Å². The maximum atomic E-state index is 14.3. The average Bonchev–Trinajstić information content (AvgIpc) is 3.04. The van der Waals surface area contributed by atoms with Crippen molar-refractivity contribution in [3.63, 3.8) is 0 Å². The first-order chi connectivity index (χ1) is 21.4. The Morgan fingerprint density at radius 2 is 1.18 bits per heavy atom. The quantitative estimate of drug-likeness (QED) is 0.210. The van der Waals surface area contributed by atoms with Gasteiger partial charge < -0.3 is 0 Å². The third-order valence-corrected chi connectivity index (χ3v) is 11.6. The minimum Gasteiger partial charge on any atom is -0.294 e. The van der Waals surface area contributed by atoms with Crippen molar-refractivity contribution >= 4 is 25.8 Å². The Labute approximate surface area is 266 Å². The fraction of sp³-hybridized carbons (Fsp3) is 0.250. The van der Waals surface area contributed by atoms with Crippen molar-refractivity contribution in [3.8, 4) is 0 Å². The van der Waals surface area contributed by atoms with Crippen LogP contribution in [0.2, 0.25) is 0 Å². The van der Waals surface area contributed by atoms with E-state index in [-0.39, 0.29) is 15.6 Å². The Kier molecular flexibility index (Phi) is 9.44. The van der Waals surface area contributed by atoms with Crippen LogP contribution >= 0.6 is 0 Å². The third-order valence-electron chi connectivity index (χ3n) is 8.37. The van der Waals surface area contributed by atoms with E-state index in [0.29, 0.717) is 11.1 Å². The fourth-order valence-corrected chi connectivity index (χ4v) is 8.38. The van der Waals surface area contributed by atoms with Gasteiger partial charge in [-0.1, -0.05) is 97.8 Å². The average molecular weight is 643 g/mol. The summed E-state index contributed by atoms with van der Waals surface area (Å²) in [5, 5.41) is 0. The van der Waals surface area contributed by atoms with Crippen molar-refractivity contribution in [3.05, 3.63) is 143 Å². The van der Waals surface area contributed by atoms with E-state index in [2.05, 4.69) is 4.72 Å². The number of aryl methyl sites for hydroxylation is 4. The minimum absolute atomic E-state index is 0.0510. The Bertz CT molecular complexity index is 1900. The molecule has 3 atom stereocenters. The molecular weight excluding hydrogens is 605 g/mol. The zero-order chi connectivity index (χ0) is 32.4. The molecule has 0 bridgehead atoms. The van der Waals surface area contributed by atoms with E-state index in [4.69, 9.17) is 0 Å². The van der Waals surface area contributed by atoms with E-state index in [1.54, 1.807) is 36.4 Å². The molecule has 4 aromatic rings. The molecule has 5 rings (SSSR count). The molecule has 0 aromatic heterocycles. The zero-order valence-electron chi connectivity index (χ0n) is 25.8. The predicted molar refractivity (Wildman–Crippen MR) is 176 cm³/mol. The lowest BCUT2D eigenvalue weighted by Crippen LogP contribution is -2.47. The summed E-state index contributed by atoms with van der Waals surface area (Å²) in [5.41, 5.74) is 5.04. The number of benzene rings is 4. The van der Waals surface area contributed by atoms with Gasteiger partial charge in [-0.15, -0.1) is 0 Å². The highest BCUT2D eigenvalue weighted by atomic mass is 32.2. The summed E-state index contributed by atoms with van der Waals surface area (Å²) in [6, 6.07) is 25.8. The molecule has 7 nitrogen and oxygen atoms in total. The van der Waals surface area contributed by atoms with E-state index < -0.39 is 38.0 Å². The number of ketones is 1. The molecular formula is C36H38N2O5S2. The lowest BCUT2D eigenvalue weighted by atomic mass is 9.79. The summed E-state index contributed by atoms with van der Waals surface area (Å²) in [6.07, 6.45) is 4.10. The molecule has 0 fully saturated rings. The second kappa shape index (κ2) is 13.1.